The normalized spacial score (nSPS) is 14.0. The van der Waals surface area contributed by atoms with Gasteiger partial charge >= 0.3 is 0 Å². The molecule has 6 aliphatic rings. The van der Waals surface area contributed by atoms with E-state index in [1.54, 1.807) is 0 Å². The highest BCUT2D eigenvalue weighted by Gasteiger charge is 2.54. The summed E-state index contributed by atoms with van der Waals surface area (Å²) >= 11 is 0. The second-order valence-corrected chi connectivity index (χ2v) is 47.1. The van der Waals surface area contributed by atoms with Gasteiger partial charge in [-0.1, -0.05) is 420 Å². The van der Waals surface area contributed by atoms with E-state index in [2.05, 4.69) is 524 Å². The van der Waals surface area contributed by atoms with Gasteiger partial charge in [-0.2, -0.15) is 0 Å². The third kappa shape index (κ3) is 15.7. The minimum Gasteiger partial charge on any atom is -0.342 e. The van der Waals surface area contributed by atoms with E-state index >= 15 is 0 Å². The lowest BCUT2D eigenvalue weighted by atomic mass is 9.33. The quantitative estimate of drug-likeness (QED) is 0.0525. The molecule has 714 valence electrons. The molecule has 18 aromatic rings. The number of benzene rings is 18. The molecule has 0 aromatic heterocycles. The van der Waals surface area contributed by atoms with Crippen LogP contribution in [0.4, 0.5) is 56.9 Å². The van der Waals surface area contributed by atoms with Gasteiger partial charge in [-0.3, -0.25) is 0 Å². The maximum Gasteiger partial charge on any atom is 0.252 e. The van der Waals surface area contributed by atoms with E-state index < -0.39 is 10.8 Å². The van der Waals surface area contributed by atoms with Crippen LogP contribution in [0, 0.1) is 0 Å². The number of anilines is 10. The number of hydrogen-bond acceptors (Lipinski definition) is 4. The molecule has 2 aliphatic heterocycles. The molecule has 5 heteroatoms. The molecule has 0 fully saturated rings. The first-order valence-electron chi connectivity index (χ1n) is 53.3. The molecule has 2 spiro atoms. The van der Waals surface area contributed by atoms with Crippen molar-refractivity contribution in [2.45, 2.75) is 193 Å². The van der Waals surface area contributed by atoms with Crippen LogP contribution in [0.15, 0.2) is 400 Å². The van der Waals surface area contributed by atoms with Crippen molar-refractivity contribution < 1.29 is 0 Å². The lowest BCUT2D eigenvalue weighted by molar-refractivity contribution is 0.590. The first-order valence-corrected chi connectivity index (χ1v) is 53.3. The van der Waals surface area contributed by atoms with Crippen LogP contribution in [0.3, 0.4) is 0 Å². The summed E-state index contributed by atoms with van der Waals surface area (Å²) in [5.74, 6) is 0. The molecule has 0 N–H and O–H groups in total. The molecule has 0 amide bonds. The zero-order valence-electron chi connectivity index (χ0n) is 87.0. The van der Waals surface area contributed by atoms with Crippen LogP contribution in [0.1, 0.15) is 226 Å². The summed E-state index contributed by atoms with van der Waals surface area (Å²) in [6, 6.07) is 157. The number of rotatable bonds is 21. The summed E-state index contributed by atoms with van der Waals surface area (Å²) in [6.45, 7) is 36.4. The van der Waals surface area contributed by atoms with Gasteiger partial charge in [0.1, 0.15) is 0 Å². The van der Waals surface area contributed by atoms with Gasteiger partial charge in [0.25, 0.3) is 6.71 Å². The molecule has 0 saturated carbocycles. The van der Waals surface area contributed by atoms with Crippen molar-refractivity contribution in [3.05, 3.63) is 484 Å². The summed E-state index contributed by atoms with van der Waals surface area (Å²) < 4.78 is 0. The van der Waals surface area contributed by atoms with E-state index in [-0.39, 0.29) is 33.8 Å². The second kappa shape index (κ2) is 35.6. The molecule has 0 bridgehead atoms. The van der Waals surface area contributed by atoms with Crippen LogP contribution in [-0.4, -0.2) is 19.8 Å². The maximum absolute atomic E-state index is 2.81. The van der Waals surface area contributed by atoms with Crippen molar-refractivity contribution in [3.63, 3.8) is 0 Å². The van der Waals surface area contributed by atoms with Gasteiger partial charge in [0.15, 0.2) is 0 Å². The van der Waals surface area contributed by atoms with Gasteiger partial charge in [0.2, 0.25) is 0 Å². The topological polar surface area (TPSA) is 13.0 Å². The number of hydrogen-bond donors (Lipinski definition) is 0. The minimum absolute atomic E-state index is 0.0286. The Morgan fingerprint density at radius 3 is 0.759 bits per heavy atom. The molecule has 4 aliphatic carbocycles. The zero-order valence-corrected chi connectivity index (χ0v) is 87.0. The number of nitrogens with zero attached hydrogens (tertiary/aromatic N) is 4. The molecule has 0 radical (unpaired) electrons. The lowest BCUT2D eigenvalue weighted by Crippen LogP contribution is -2.62. The van der Waals surface area contributed by atoms with E-state index in [1.165, 1.54) is 200 Å². The first-order chi connectivity index (χ1) is 70.1. The van der Waals surface area contributed by atoms with E-state index in [0.29, 0.717) is 0 Å². The monoisotopic (exact) mass is 1880 g/mol. The van der Waals surface area contributed by atoms with Crippen molar-refractivity contribution in [2.75, 3.05) is 32.7 Å². The Morgan fingerprint density at radius 2 is 0.462 bits per heavy atom. The molecule has 145 heavy (non-hydrogen) atoms. The van der Waals surface area contributed by atoms with Crippen molar-refractivity contribution in [1.29, 1.82) is 0 Å². The molecule has 0 unspecified atom stereocenters. The molecule has 0 atom stereocenters. The Hall–Kier alpha value is -14.8. The SMILES string of the molecule is CC(C)(C)c1ccc(-c2cc3c4c(c2)N(CCCCCc2ccccc2-c2ccc5c(c2)C2(c6ccccc6-c6ccccc62)c2ccccc2-5)c2cc(N(c5ccc(C(C)(C)C)cc5)c5ccc(C(C)(C)C)cc5)ccc2B4c2ccc(N(c4ccc(C(C)(C)C)cc4)c4ccc(C(C)(C)C)cc4)cc2N3CCCCCc2ccccc2-c2ccc3c(c2)C2(c4ccccc4-c4ccccc42)c2ccccc2-3)cc1. The largest absolute Gasteiger partial charge is 0.342 e. The van der Waals surface area contributed by atoms with Crippen LogP contribution in [-0.2, 0) is 50.7 Å². The van der Waals surface area contributed by atoms with Crippen molar-refractivity contribution in [2.24, 2.45) is 0 Å². The summed E-state index contributed by atoms with van der Waals surface area (Å²) in [5, 5.41) is 0. The van der Waals surface area contributed by atoms with E-state index in [0.717, 1.165) is 98.6 Å². The fraction of sp³-hybridized carbons (Fsp3) is 0.229. The summed E-state index contributed by atoms with van der Waals surface area (Å²) in [6.07, 6.45) is 7.99. The van der Waals surface area contributed by atoms with Gasteiger partial charge in [0.05, 0.1) is 10.8 Å². The van der Waals surface area contributed by atoms with Gasteiger partial charge in [-0.05, 0) is 340 Å². The average molecular weight is 1880 g/mol. The van der Waals surface area contributed by atoms with E-state index in [4.69, 9.17) is 0 Å². The van der Waals surface area contributed by atoms with E-state index in [9.17, 15) is 0 Å². The van der Waals surface area contributed by atoms with Crippen LogP contribution in [0.5, 0.6) is 0 Å². The van der Waals surface area contributed by atoms with Crippen LogP contribution >= 0.6 is 0 Å². The molecule has 24 rings (SSSR count). The highest BCUT2D eigenvalue weighted by atomic mass is 15.2. The highest BCUT2D eigenvalue weighted by Crippen LogP contribution is 2.66. The Balaban J connectivity index is 0.637. The number of unbranched alkanes of at least 4 members (excludes halogenated alkanes) is 4. The number of aryl methyl sites for hydroxylation is 2. The van der Waals surface area contributed by atoms with E-state index in [1.807, 2.05) is 0 Å². The lowest BCUT2D eigenvalue weighted by Gasteiger charge is -2.45. The average Bonchev–Trinajstić information content (AvgIpc) is 1.43. The Labute approximate surface area is 861 Å². The Bertz CT molecular complexity index is 7390. The zero-order chi connectivity index (χ0) is 99.4. The first kappa shape index (κ1) is 92.6. The van der Waals surface area contributed by atoms with Crippen LogP contribution in [0.25, 0.3) is 77.9 Å². The highest BCUT2D eigenvalue weighted by molar-refractivity contribution is 7.00. The van der Waals surface area contributed by atoms with Gasteiger partial charge < -0.3 is 19.6 Å². The summed E-state index contributed by atoms with van der Waals surface area (Å²) in [5.41, 5.74) is 53.4. The molecular weight excluding hydrogens is 1750 g/mol. The predicted octanol–water partition coefficient (Wildman–Crippen LogP) is 35.0. The molecule has 2 heterocycles. The number of fused-ring (bicyclic) bond motifs is 24. The van der Waals surface area contributed by atoms with Gasteiger partial charge in [-0.25, -0.2) is 0 Å². The minimum atomic E-state index is -0.424. The standard InChI is InChI=1S/C140H131BN4/c1-134(2,3)98-60-56-92(57-61-98)97-88-131-133-132(89-97)143(85-37-17-19-39-94-41-21-23-43-110(94)96-59-81-118-116-49-29-35-55-124(116)140(126(118)87-96)121-52-32-26-46-113(121)114-47-27-33-53-122(114)140)130-91-108(145(105-74-66-101(67-75-105)137(10,11)12)106-76-68-102(69-77-106)138(13,14)15)79-83-128(130)141(133)127-82-78-107(144(103-70-62-99(63-71-103)135(4,5)6)104-72-64-100(65-73-104)136(7,8)9)90-129(127)142(131)84-36-16-18-38-93-40-20-22-42-109(93)95-58-80-117-115-48-28-34-54-123(115)139(125(117)86-95)119-50-30-24-44-111(119)112-45-25-31-51-120(112)139/h20-35,40-83,86-91H,16-19,36-39,84-85H2,1-15H3. The molecule has 0 saturated heterocycles. The maximum atomic E-state index is 2.81. The van der Waals surface area contributed by atoms with Crippen molar-refractivity contribution >= 4 is 80.0 Å². The fourth-order valence-electron chi connectivity index (χ4n) is 25.6. The Kier molecular flexibility index (Phi) is 22.8. The predicted molar refractivity (Wildman–Crippen MR) is 618 cm³/mol. The van der Waals surface area contributed by atoms with Crippen molar-refractivity contribution in [3.8, 4) is 77.9 Å². The smallest absolute Gasteiger partial charge is 0.252 e. The summed E-state index contributed by atoms with van der Waals surface area (Å²) in [4.78, 5) is 10.7. The van der Waals surface area contributed by atoms with Crippen LogP contribution in [0.2, 0.25) is 0 Å². The van der Waals surface area contributed by atoms with Crippen LogP contribution < -0.4 is 36.0 Å². The molecule has 4 nitrogen and oxygen atoms in total. The third-order valence-corrected chi connectivity index (χ3v) is 33.1. The van der Waals surface area contributed by atoms with Gasteiger partial charge in [-0.15, -0.1) is 0 Å². The Morgan fingerprint density at radius 1 is 0.207 bits per heavy atom. The third-order valence-electron chi connectivity index (χ3n) is 33.1. The molecule has 18 aromatic carbocycles. The summed E-state index contributed by atoms with van der Waals surface area (Å²) in [7, 11) is 0. The van der Waals surface area contributed by atoms with Gasteiger partial charge in [0, 0.05) is 70.0 Å². The van der Waals surface area contributed by atoms with Crippen molar-refractivity contribution in [1.82, 2.24) is 0 Å². The fourth-order valence-corrected chi connectivity index (χ4v) is 25.6. The molecular formula is C140H131BN4. The second-order valence-electron chi connectivity index (χ2n) is 47.1.